The Hall–Kier alpha value is -1.43. The Morgan fingerprint density at radius 2 is 2.17 bits per heavy atom. The molecular formula is C12H20N4OS. The molecule has 100 valence electrons. The van der Waals surface area contributed by atoms with Gasteiger partial charge in [-0.1, -0.05) is 0 Å². The van der Waals surface area contributed by atoms with Gasteiger partial charge in [-0.25, -0.2) is 4.68 Å². The van der Waals surface area contributed by atoms with Crippen LogP contribution >= 0.6 is 12.2 Å². The molecule has 1 aromatic rings. The van der Waals surface area contributed by atoms with Crippen molar-refractivity contribution >= 4 is 17.3 Å². The van der Waals surface area contributed by atoms with Crippen LogP contribution in [-0.2, 0) is 6.54 Å². The summed E-state index contributed by atoms with van der Waals surface area (Å²) in [6.07, 6.45) is 3.02. The molecule has 0 unspecified atom stereocenters. The van der Waals surface area contributed by atoms with Gasteiger partial charge in [0.1, 0.15) is 0 Å². The van der Waals surface area contributed by atoms with Crippen molar-refractivity contribution in [2.75, 3.05) is 13.6 Å². The summed E-state index contributed by atoms with van der Waals surface area (Å²) >= 11 is 4.96. The zero-order valence-corrected chi connectivity index (χ0v) is 11.7. The van der Waals surface area contributed by atoms with Crippen LogP contribution in [0.5, 0.6) is 0 Å². The van der Waals surface area contributed by atoms with E-state index in [1.54, 1.807) is 19.2 Å². The molecule has 0 aliphatic carbocycles. The van der Waals surface area contributed by atoms with Crippen molar-refractivity contribution in [3.05, 3.63) is 28.2 Å². The third-order valence-electron chi connectivity index (χ3n) is 2.56. The molecule has 0 saturated carbocycles. The third-order valence-corrected chi connectivity index (χ3v) is 2.91. The monoisotopic (exact) mass is 268 g/mol. The maximum absolute atomic E-state index is 11.5. The van der Waals surface area contributed by atoms with Gasteiger partial charge in [0, 0.05) is 26.2 Å². The molecule has 1 heterocycles. The maximum atomic E-state index is 11.5. The van der Waals surface area contributed by atoms with E-state index in [-0.39, 0.29) is 5.56 Å². The molecule has 0 bridgehead atoms. The molecule has 0 aliphatic heterocycles. The summed E-state index contributed by atoms with van der Waals surface area (Å²) in [5, 5.41) is 10.8. The van der Waals surface area contributed by atoms with Crippen molar-refractivity contribution in [2.24, 2.45) is 0 Å². The van der Waals surface area contributed by atoms with E-state index in [1.165, 1.54) is 4.68 Å². The van der Waals surface area contributed by atoms with Gasteiger partial charge in [0.05, 0.1) is 5.69 Å². The van der Waals surface area contributed by atoms with Gasteiger partial charge >= 0.3 is 0 Å². The van der Waals surface area contributed by atoms with Crippen LogP contribution in [0.4, 0.5) is 0 Å². The van der Waals surface area contributed by atoms with Crippen LogP contribution < -0.4 is 16.2 Å². The number of nitrogens with one attached hydrogen (secondary N) is 2. The van der Waals surface area contributed by atoms with Crippen molar-refractivity contribution in [2.45, 2.75) is 32.7 Å². The lowest BCUT2D eigenvalue weighted by atomic mass is 10.2. The van der Waals surface area contributed by atoms with Crippen LogP contribution in [0.25, 0.3) is 0 Å². The van der Waals surface area contributed by atoms with Crippen molar-refractivity contribution in [3.8, 4) is 0 Å². The van der Waals surface area contributed by atoms with Crippen LogP contribution in [0.2, 0.25) is 0 Å². The average Bonchev–Trinajstić information content (AvgIpc) is 2.37. The molecule has 18 heavy (non-hydrogen) atoms. The number of unbranched alkanes of at least 4 members (excludes halogenated alkanes) is 2. The minimum absolute atomic E-state index is 0.0323. The lowest BCUT2D eigenvalue weighted by Gasteiger charge is -2.07. The third kappa shape index (κ3) is 5.27. The lowest BCUT2D eigenvalue weighted by Crippen LogP contribution is -2.33. The second-order valence-corrected chi connectivity index (χ2v) is 4.51. The zero-order valence-electron chi connectivity index (χ0n) is 10.9. The standard InChI is InChI=1S/C12H20N4OS/c1-10-6-7-11(17)16(15-10)9-5-3-4-8-14-12(18)13-2/h6-7H,3-5,8-9H2,1-2H3,(H2,13,14,18). The van der Waals surface area contributed by atoms with Gasteiger partial charge in [0.15, 0.2) is 5.11 Å². The van der Waals surface area contributed by atoms with Crippen LogP contribution in [-0.4, -0.2) is 28.5 Å². The summed E-state index contributed by atoms with van der Waals surface area (Å²) in [5.41, 5.74) is 0.839. The van der Waals surface area contributed by atoms with Crippen LogP contribution in [0.15, 0.2) is 16.9 Å². The summed E-state index contributed by atoms with van der Waals surface area (Å²) in [6.45, 7) is 3.42. The number of aromatic nitrogens is 2. The number of thiocarbonyl (C=S) groups is 1. The van der Waals surface area contributed by atoms with E-state index in [2.05, 4.69) is 15.7 Å². The minimum Gasteiger partial charge on any atom is -0.366 e. The first-order valence-electron chi connectivity index (χ1n) is 6.14. The largest absolute Gasteiger partial charge is 0.366 e. The zero-order chi connectivity index (χ0) is 13.4. The Balaban J connectivity index is 2.20. The summed E-state index contributed by atoms with van der Waals surface area (Å²) in [7, 11) is 1.80. The normalized spacial score (nSPS) is 10.1. The van der Waals surface area contributed by atoms with Crippen LogP contribution in [0, 0.1) is 6.92 Å². The summed E-state index contributed by atoms with van der Waals surface area (Å²) < 4.78 is 1.53. The maximum Gasteiger partial charge on any atom is 0.266 e. The van der Waals surface area contributed by atoms with Gasteiger partial charge < -0.3 is 10.6 Å². The van der Waals surface area contributed by atoms with Crippen molar-refractivity contribution in [1.82, 2.24) is 20.4 Å². The van der Waals surface area contributed by atoms with E-state index in [0.717, 1.165) is 31.5 Å². The molecule has 0 saturated heterocycles. The highest BCUT2D eigenvalue weighted by atomic mass is 32.1. The van der Waals surface area contributed by atoms with Crippen LogP contribution in [0.1, 0.15) is 25.0 Å². The van der Waals surface area contributed by atoms with E-state index in [1.807, 2.05) is 6.92 Å². The van der Waals surface area contributed by atoms with Crippen LogP contribution in [0.3, 0.4) is 0 Å². The lowest BCUT2D eigenvalue weighted by molar-refractivity contribution is 0.515. The van der Waals surface area contributed by atoms with Gasteiger partial charge in [0.2, 0.25) is 0 Å². The Labute approximate surface area is 113 Å². The number of rotatable bonds is 6. The first-order chi connectivity index (χ1) is 8.63. The first kappa shape index (κ1) is 14.6. The Morgan fingerprint density at radius 1 is 1.39 bits per heavy atom. The van der Waals surface area contributed by atoms with E-state index in [9.17, 15) is 4.79 Å². The highest BCUT2D eigenvalue weighted by Gasteiger charge is 1.98. The van der Waals surface area contributed by atoms with E-state index in [4.69, 9.17) is 12.2 Å². The van der Waals surface area contributed by atoms with Gasteiger partial charge in [-0.05, 0) is 44.5 Å². The molecule has 0 amide bonds. The van der Waals surface area contributed by atoms with Crippen molar-refractivity contribution in [3.63, 3.8) is 0 Å². The van der Waals surface area contributed by atoms with Gasteiger partial charge in [-0.3, -0.25) is 4.79 Å². The Kier molecular flexibility index (Phi) is 6.35. The van der Waals surface area contributed by atoms with Gasteiger partial charge in [-0.15, -0.1) is 0 Å². The molecule has 1 rings (SSSR count). The number of hydrogen-bond acceptors (Lipinski definition) is 3. The summed E-state index contributed by atoms with van der Waals surface area (Å²) in [4.78, 5) is 11.5. The Bertz CT molecular complexity index is 444. The highest BCUT2D eigenvalue weighted by Crippen LogP contribution is 1.96. The fraction of sp³-hybridized carbons (Fsp3) is 0.583. The topological polar surface area (TPSA) is 58.9 Å². The molecule has 1 aromatic heterocycles. The molecule has 2 N–H and O–H groups in total. The van der Waals surface area contributed by atoms with Crippen molar-refractivity contribution < 1.29 is 0 Å². The van der Waals surface area contributed by atoms with E-state index < -0.39 is 0 Å². The minimum atomic E-state index is -0.0323. The predicted molar refractivity (Wildman–Crippen MR) is 76.7 cm³/mol. The summed E-state index contributed by atoms with van der Waals surface area (Å²) in [5.74, 6) is 0. The summed E-state index contributed by atoms with van der Waals surface area (Å²) in [6, 6.07) is 3.30. The molecule has 0 aromatic carbocycles. The predicted octanol–water partition coefficient (Wildman–Crippen LogP) is 0.816. The SMILES string of the molecule is CNC(=S)NCCCCCn1nc(C)ccc1=O. The second kappa shape index (κ2) is 7.81. The molecule has 0 aliphatic rings. The van der Waals surface area contributed by atoms with Gasteiger partial charge in [-0.2, -0.15) is 5.10 Å². The molecule has 5 nitrogen and oxygen atoms in total. The first-order valence-corrected chi connectivity index (χ1v) is 6.54. The van der Waals surface area contributed by atoms with E-state index in [0.29, 0.717) is 11.7 Å². The second-order valence-electron chi connectivity index (χ2n) is 4.10. The fourth-order valence-corrected chi connectivity index (χ4v) is 1.67. The molecule has 0 atom stereocenters. The fourth-order valence-electron chi connectivity index (χ4n) is 1.56. The molecule has 0 fully saturated rings. The smallest absolute Gasteiger partial charge is 0.266 e. The van der Waals surface area contributed by atoms with E-state index >= 15 is 0 Å². The van der Waals surface area contributed by atoms with Gasteiger partial charge in [0.25, 0.3) is 5.56 Å². The number of hydrogen-bond donors (Lipinski definition) is 2. The molecule has 6 heteroatoms. The highest BCUT2D eigenvalue weighted by molar-refractivity contribution is 7.80. The van der Waals surface area contributed by atoms with Crippen molar-refractivity contribution in [1.29, 1.82) is 0 Å². The Morgan fingerprint density at radius 3 is 2.89 bits per heavy atom. The molecule has 0 radical (unpaired) electrons. The average molecular weight is 268 g/mol. The quantitative estimate of drug-likeness (QED) is 0.591. The number of nitrogens with zero attached hydrogens (tertiary/aromatic N) is 2. The number of aryl methyl sites for hydroxylation is 2. The molecule has 0 spiro atoms. The molecular weight excluding hydrogens is 248 g/mol.